The molecule has 0 radical (unpaired) electrons. The van der Waals surface area contributed by atoms with Gasteiger partial charge in [-0.15, -0.1) is 0 Å². The molecule has 1 N–H and O–H groups in total. The minimum atomic E-state index is -0.692. The first kappa shape index (κ1) is 24.5. The van der Waals surface area contributed by atoms with Gasteiger partial charge in [-0.05, 0) is 83.9 Å². The van der Waals surface area contributed by atoms with Crippen molar-refractivity contribution in [3.05, 3.63) is 29.1 Å². The lowest BCUT2D eigenvalue weighted by molar-refractivity contribution is -0.143. The largest absolute Gasteiger partial charge is 0.444 e. The first-order valence-electron chi connectivity index (χ1n) is 11.8. The van der Waals surface area contributed by atoms with E-state index in [9.17, 15) is 9.59 Å². The van der Waals surface area contributed by atoms with Crippen LogP contribution in [0.25, 0.3) is 0 Å². The molecule has 0 unspecified atom stereocenters. The third-order valence-electron chi connectivity index (χ3n) is 6.67. The summed E-state index contributed by atoms with van der Waals surface area (Å²) in [7, 11) is 0. The number of hydrogen-bond donors (Lipinski definition) is 1. The van der Waals surface area contributed by atoms with Gasteiger partial charge in [0.1, 0.15) is 17.2 Å². The standard InChI is InChI=1S/C26H38FNO4/c1-24(2,3)22(29)31-17-14-19-18(20(27)15-17)13-16-11-9-8-10-12-26(19,7)21(16)28-23(30)32-25(4,5)6/h14-16,21H,8-13H2,1-7H3,(H,28,30)/t16-,21-,26+/m0/s1. The van der Waals surface area contributed by atoms with Crippen LogP contribution in [0, 0.1) is 17.2 Å². The second-order valence-corrected chi connectivity index (χ2v) is 11.7. The molecule has 1 aromatic carbocycles. The number of nitrogens with one attached hydrogen (secondary N) is 1. The Kier molecular flexibility index (Phi) is 6.65. The third kappa shape index (κ3) is 5.26. The van der Waals surface area contributed by atoms with Gasteiger partial charge in [0.2, 0.25) is 0 Å². The first-order chi connectivity index (χ1) is 14.7. The van der Waals surface area contributed by atoms with Crippen LogP contribution in [-0.4, -0.2) is 23.7 Å². The fraction of sp³-hybridized carbons (Fsp3) is 0.692. The van der Waals surface area contributed by atoms with Gasteiger partial charge in [0.25, 0.3) is 0 Å². The highest BCUT2D eigenvalue weighted by atomic mass is 19.1. The SMILES string of the molecule is CC(C)(C)OC(=O)N[C@H]1[C@H]2CCCCC[C@]1(C)c1cc(OC(=O)C(C)(C)C)cc(F)c1C2. The van der Waals surface area contributed by atoms with E-state index in [1.165, 1.54) is 6.07 Å². The van der Waals surface area contributed by atoms with Crippen molar-refractivity contribution in [2.75, 3.05) is 0 Å². The Labute approximate surface area is 191 Å². The number of hydrogen-bond acceptors (Lipinski definition) is 4. The minimum absolute atomic E-state index is 0.123. The molecule has 2 aliphatic carbocycles. The fourth-order valence-electron chi connectivity index (χ4n) is 5.06. The van der Waals surface area contributed by atoms with Gasteiger partial charge in [-0.2, -0.15) is 0 Å². The van der Waals surface area contributed by atoms with E-state index in [-0.39, 0.29) is 23.5 Å². The summed E-state index contributed by atoms with van der Waals surface area (Å²) in [4.78, 5) is 25.2. The Morgan fingerprint density at radius 1 is 1.09 bits per heavy atom. The second-order valence-electron chi connectivity index (χ2n) is 11.7. The number of alkyl carbamates (subject to hydrolysis) is 1. The highest BCUT2D eigenvalue weighted by Gasteiger charge is 2.48. The number of rotatable bonds is 2. The molecule has 0 saturated heterocycles. The Balaban J connectivity index is 2.02. The summed E-state index contributed by atoms with van der Waals surface area (Å²) in [5.74, 6) is -0.403. The van der Waals surface area contributed by atoms with E-state index >= 15 is 4.39 Å². The molecule has 1 aromatic rings. The molecule has 1 amide bonds. The number of halogens is 1. The molecular weight excluding hydrogens is 409 g/mol. The predicted molar refractivity (Wildman–Crippen MR) is 122 cm³/mol. The Bertz CT molecular complexity index is 883. The van der Waals surface area contributed by atoms with Crippen molar-refractivity contribution in [3.8, 4) is 5.75 Å². The molecule has 32 heavy (non-hydrogen) atoms. The van der Waals surface area contributed by atoms with Crippen LogP contribution in [0.2, 0.25) is 0 Å². The van der Waals surface area contributed by atoms with Crippen molar-refractivity contribution in [1.29, 1.82) is 0 Å². The summed E-state index contributed by atoms with van der Waals surface area (Å²) in [5, 5.41) is 3.14. The summed E-state index contributed by atoms with van der Waals surface area (Å²) in [6.45, 7) is 12.9. The zero-order valence-electron chi connectivity index (χ0n) is 20.6. The monoisotopic (exact) mass is 447 g/mol. The topological polar surface area (TPSA) is 64.6 Å². The van der Waals surface area contributed by atoms with Crippen LogP contribution in [0.1, 0.15) is 91.7 Å². The maximum atomic E-state index is 15.3. The van der Waals surface area contributed by atoms with E-state index in [1.807, 2.05) is 26.8 Å². The number of carbonyl (C=O) groups is 2. The number of benzene rings is 1. The molecule has 5 nitrogen and oxygen atoms in total. The normalized spacial score (nSPS) is 25.8. The molecule has 1 saturated carbocycles. The maximum absolute atomic E-state index is 15.3. The molecule has 0 heterocycles. The highest BCUT2D eigenvalue weighted by Crippen LogP contribution is 2.48. The van der Waals surface area contributed by atoms with Crippen LogP contribution in [0.4, 0.5) is 9.18 Å². The quantitative estimate of drug-likeness (QED) is 0.442. The van der Waals surface area contributed by atoms with Crippen molar-refractivity contribution >= 4 is 12.1 Å². The molecule has 3 atom stereocenters. The van der Waals surface area contributed by atoms with Crippen LogP contribution in [0.15, 0.2) is 12.1 Å². The highest BCUT2D eigenvalue weighted by molar-refractivity contribution is 5.78. The van der Waals surface area contributed by atoms with Gasteiger partial charge in [-0.1, -0.05) is 26.2 Å². The van der Waals surface area contributed by atoms with Gasteiger partial charge >= 0.3 is 12.1 Å². The van der Waals surface area contributed by atoms with Crippen molar-refractivity contribution < 1.29 is 23.5 Å². The molecule has 2 bridgehead atoms. The van der Waals surface area contributed by atoms with Gasteiger partial charge in [-0.3, -0.25) is 4.79 Å². The number of amides is 1. The zero-order chi connectivity index (χ0) is 23.9. The van der Waals surface area contributed by atoms with Crippen molar-refractivity contribution in [2.45, 2.75) is 104 Å². The summed E-state index contributed by atoms with van der Waals surface area (Å²) in [5.41, 5.74) is -0.270. The van der Waals surface area contributed by atoms with Crippen LogP contribution in [0.3, 0.4) is 0 Å². The van der Waals surface area contributed by atoms with E-state index in [0.717, 1.165) is 37.7 Å². The Morgan fingerprint density at radius 3 is 2.41 bits per heavy atom. The van der Waals surface area contributed by atoms with Gasteiger partial charge in [0.15, 0.2) is 0 Å². The minimum Gasteiger partial charge on any atom is -0.444 e. The van der Waals surface area contributed by atoms with Crippen molar-refractivity contribution in [1.82, 2.24) is 5.32 Å². The van der Waals surface area contributed by atoms with Crippen LogP contribution in [-0.2, 0) is 21.4 Å². The zero-order valence-corrected chi connectivity index (χ0v) is 20.6. The molecule has 178 valence electrons. The van der Waals surface area contributed by atoms with Crippen LogP contribution in [0.5, 0.6) is 5.75 Å². The van der Waals surface area contributed by atoms with E-state index in [1.54, 1.807) is 20.8 Å². The molecule has 0 aromatic heterocycles. The first-order valence-corrected chi connectivity index (χ1v) is 11.8. The molecule has 6 heteroatoms. The molecule has 0 spiro atoms. The number of fused-ring (bicyclic) bond motifs is 4. The fourth-order valence-corrected chi connectivity index (χ4v) is 5.06. The summed E-state index contributed by atoms with van der Waals surface area (Å²) in [6.07, 6.45) is 5.00. The van der Waals surface area contributed by atoms with Crippen molar-refractivity contribution in [3.63, 3.8) is 0 Å². The smallest absolute Gasteiger partial charge is 0.407 e. The van der Waals surface area contributed by atoms with E-state index < -0.39 is 28.5 Å². The average Bonchev–Trinajstić information content (AvgIpc) is 2.62. The van der Waals surface area contributed by atoms with Gasteiger partial charge in [0, 0.05) is 17.5 Å². The Hall–Kier alpha value is -2.11. The molecule has 0 aliphatic heterocycles. The average molecular weight is 448 g/mol. The third-order valence-corrected chi connectivity index (χ3v) is 6.67. The van der Waals surface area contributed by atoms with E-state index in [2.05, 4.69) is 12.2 Å². The lowest BCUT2D eigenvalue weighted by atomic mass is 9.59. The summed E-state index contributed by atoms with van der Waals surface area (Å²) < 4.78 is 26.4. The molecule has 1 fully saturated rings. The molecule has 3 rings (SSSR count). The number of carbonyl (C=O) groups excluding carboxylic acids is 2. The second kappa shape index (κ2) is 8.68. The Morgan fingerprint density at radius 2 is 1.78 bits per heavy atom. The maximum Gasteiger partial charge on any atom is 0.407 e. The summed E-state index contributed by atoms with van der Waals surface area (Å²) >= 11 is 0. The van der Waals surface area contributed by atoms with E-state index in [4.69, 9.17) is 9.47 Å². The van der Waals surface area contributed by atoms with Gasteiger partial charge < -0.3 is 14.8 Å². The molecular formula is C26H38FNO4. The van der Waals surface area contributed by atoms with E-state index in [0.29, 0.717) is 12.0 Å². The van der Waals surface area contributed by atoms with Crippen LogP contribution >= 0.6 is 0 Å². The van der Waals surface area contributed by atoms with Gasteiger partial charge in [-0.25, -0.2) is 9.18 Å². The number of ether oxygens (including phenoxy) is 2. The lowest BCUT2D eigenvalue weighted by Crippen LogP contribution is -2.57. The van der Waals surface area contributed by atoms with Crippen molar-refractivity contribution in [2.24, 2.45) is 11.3 Å². The lowest BCUT2D eigenvalue weighted by Gasteiger charge is -2.49. The van der Waals surface area contributed by atoms with Crippen LogP contribution < -0.4 is 10.1 Å². The summed E-state index contributed by atoms with van der Waals surface area (Å²) in [6, 6.07) is 2.95. The molecule has 2 aliphatic rings. The predicted octanol–water partition coefficient (Wildman–Crippen LogP) is 6.06. The van der Waals surface area contributed by atoms with Gasteiger partial charge in [0.05, 0.1) is 5.41 Å². The number of esters is 1.